The molecule has 1 unspecified atom stereocenters. The van der Waals surface area contributed by atoms with Crippen molar-refractivity contribution in [2.75, 3.05) is 32.1 Å². The molecule has 1 saturated heterocycles. The Balaban J connectivity index is 1.59. The van der Waals surface area contributed by atoms with Crippen LogP contribution in [0.25, 0.3) is 0 Å². The molecule has 1 aliphatic rings. The van der Waals surface area contributed by atoms with Crippen molar-refractivity contribution in [2.24, 2.45) is 0 Å². The minimum atomic E-state index is 0.00532. The van der Waals surface area contributed by atoms with E-state index in [-0.39, 0.29) is 12.0 Å². The molecule has 0 bridgehead atoms. The summed E-state index contributed by atoms with van der Waals surface area (Å²) >= 11 is 0. The lowest BCUT2D eigenvalue weighted by Gasteiger charge is -2.20. The number of nitrogens with zero attached hydrogens (tertiary/aromatic N) is 4. The molecule has 0 radical (unpaired) electrons. The summed E-state index contributed by atoms with van der Waals surface area (Å²) in [6.45, 7) is 1.34. The highest BCUT2D eigenvalue weighted by Crippen LogP contribution is 2.26. The first-order valence-corrected chi connectivity index (χ1v) is 8.09. The molecule has 0 saturated carbocycles. The molecule has 0 N–H and O–H groups in total. The van der Waals surface area contributed by atoms with Gasteiger partial charge in [-0.25, -0.2) is 4.98 Å². The molecule has 3 heterocycles. The normalized spacial score (nSPS) is 16.9. The van der Waals surface area contributed by atoms with Crippen molar-refractivity contribution in [1.82, 2.24) is 14.9 Å². The van der Waals surface area contributed by atoms with Crippen molar-refractivity contribution in [2.45, 2.75) is 18.9 Å². The van der Waals surface area contributed by atoms with Gasteiger partial charge in [0, 0.05) is 45.7 Å². The Morgan fingerprint density at radius 3 is 2.92 bits per heavy atom. The second kappa shape index (κ2) is 7.29. The van der Waals surface area contributed by atoms with Crippen LogP contribution in [0.1, 0.15) is 12.0 Å². The number of hydrogen-bond acceptors (Lipinski definition) is 5. The van der Waals surface area contributed by atoms with E-state index >= 15 is 0 Å². The number of carbonyl (C=O) groups is 1. The fraction of sp³-hybridized carbons (Fsp3) is 0.389. The Labute approximate surface area is 142 Å². The monoisotopic (exact) mass is 326 g/mol. The van der Waals surface area contributed by atoms with E-state index in [0.29, 0.717) is 13.0 Å². The molecule has 24 heavy (non-hydrogen) atoms. The average Bonchev–Trinajstić information content (AvgIpc) is 3.05. The minimum absolute atomic E-state index is 0.00532. The first-order valence-electron chi connectivity index (χ1n) is 8.09. The van der Waals surface area contributed by atoms with E-state index in [2.05, 4.69) is 9.97 Å². The van der Waals surface area contributed by atoms with E-state index in [9.17, 15) is 4.79 Å². The Hall–Kier alpha value is -2.63. The van der Waals surface area contributed by atoms with E-state index < -0.39 is 0 Å². The lowest BCUT2D eigenvalue weighted by atomic mass is 10.2. The van der Waals surface area contributed by atoms with Crippen molar-refractivity contribution in [1.29, 1.82) is 0 Å². The molecule has 3 rings (SSSR count). The molecule has 0 spiro atoms. The molecule has 0 aromatic carbocycles. The summed E-state index contributed by atoms with van der Waals surface area (Å²) in [7, 11) is 3.88. The van der Waals surface area contributed by atoms with Crippen LogP contribution in [0.2, 0.25) is 0 Å². The van der Waals surface area contributed by atoms with Crippen LogP contribution in [0, 0.1) is 0 Å². The maximum absolute atomic E-state index is 12.4. The zero-order chi connectivity index (χ0) is 16.9. The van der Waals surface area contributed by atoms with Gasteiger partial charge in [-0.05, 0) is 23.8 Å². The molecule has 1 aliphatic heterocycles. The van der Waals surface area contributed by atoms with Crippen LogP contribution < -0.4 is 9.64 Å². The summed E-state index contributed by atoms with van der Waals surface area (Å²) in [5, 5.41) is 0. The van der Waals surface area contributed by atoms with Crippen molar-refractivity contribution in [3.8, 4) is 5.75 Å². The smallest absolute Gasteiger partial charge is 0.227 e. The summed E-state index contributed by atoms with van der Waals surface area (Å²) in [6.07, 6.45) is 6.42. The number of anilines is 1. The number of hydrogen-bond donors (Lipinski definition) is 0. The number of likely N-dealkylation sites (tertiary alicyclic amines) is 1. The molecule has 1 amide bonds. The van der Waals surface area contributed by atoms with Crippen LogP contribution in [-0.2, 0) is 11.2 Å². The third-order valence-corrected chi connectivity index (χ3v) is 4.04. The molecule has 6 nitrogen and oxygen atoms in total. The van der Waals surface area contributed by atoms with Crippen LogP contribution in [0.5, 0.6) is 5.75 Å². The lowest BCUT2D eigenvalue weighted by Crippen LogP contribution is -2.32. The van der Waals surface area contributed by atoms with Gasteiger partial charge in [-0.15, -0.1) is 0 Å². The molecule has 126 valence electrons. The Kier molecular flexibility index (Phi) is 4.93. The van der Waals surface area contributed by atoms with Gasteiger partial charge in [-0.2, -0.15) is 0 Å². The summed E-state index contributed by atoms with van der Waals surface area (Å²) in [4.78, 5) is 24.6. The predicted octanol–water partition coefficient (Wildman–Crippen LogP) is 1.76. The second-order valence-electron chi connectivity index (χ2n) is 6.13. The summed E-state index contributed by atoms with van der Waals surface area (Å²) in [5.74, 6) is 1.68. The number of rotatable bonds is 5. The molecule has 6 heteroatoms. The number of aromatic nitrogens is 2. The van der Waals surface area contributed by atoms with Crippen LogP contribution in [0.4, 0.5) is 5.82 Å². The Bertz CT molecular complexity index is 690. The zero-order valence-electron chi connectivity index (χ0n) is 14.1. The molecular weight excluding hydrogens is 304 g/mol. The third-order valence-electron chi connectivity index (χ3n) is 4.04. The average molecular weight is 326 g/mol. The number of pyridine rings is 2. The highest BCUT2D eigenvalue weighted by Gasteiger charge is 2.28. The highest BCUT2D eigenvalue weighted by molar-refractivity contribution is 5.79. The van der Waals surface area contributed by atoms with Gasteiger partial charge in [0.05, 0.1) is 13.0 Å². The van der Waals surface area contributed by atoms with E-state index in [1.807, 2.05) is 48.2 Å². The molecule has 1 atom stereocenters. The number of carbonyl (C=O) groups excluding carboxylic acids is 1. The number of amides is 1. The van der Waals surface area contributed by atoms with Crippen LogP contribution in [0.15, 0.2) is 42.9 Å². The topological polar surface area (TPSA) is 58.6 Å². The van der Waals surface area contributed by atoms with Gasteiger partial charge in [0.25, 0.3) is 0 Å². The molecule has 2 aromatic rings. The van der Waals surface area contributed by atoms with Crippen molar-refractivity contribution >= 4 is 11.7 Å². The quantitative estimate of drug-likeness (QED) is 0.838. The Morgan fingerprint density at radius 2 is 2.17 bits per heavy atom. The van der Waals surface area contributed by atoms with Crippen LogP contribution in [-0.4, -0.2) is 54.1 Å². The SMILES string of the molecule is CN(C)c1ncccc1OC1CCN(C(=O)Cc2cccnc2)C1. The fourth-order valence-corrected chi connectivity index (χ4v) is 2.83. The van der Waals surface area contributed by atoms with Crippen molar-refractivity contribution < 1.29 is 9.53 Å². The van der Waals surface area contributed by atoms with Gasteiger partial charge in [-0.1, -0.05) is 6.07 Å². The highest BCUT2D eigenvalue weighted by atomic mass is 16.5. The van der Waals surface area contributed by atoms with Gasteiger partial charge in [0.2, 0.25) is 5.91 Å². The number of ether oxygens (including phenoxy) is 1. The molecule has 0 aliphatic carbocycles. The third kappa shape index (κ3) is 3.82. The van der Waals surface area contributed by atoms with E-state index in [4.69, 9.17) is 4.74 Å². The van der Waals surface area contributed by atoms with Crippen molar-refractivity contribution in [3.63, 3.8) is 0 Å². The van der Waals surface area contributed by atoms with E-state index in [0.717, 1.165) is 30.1 Å². The summed E-state index contributed by atoms with van der Waals surface area (Å²) < 4.78 is 6.09. The van der Waals surface area contributed by atoms with Crippen LogP contribution in [0.3, 0.4) is 0 Å². The van der Waals surface area contributed by atoms with E-state index in [1.54, 1.807) is 18.6 Å². The van der Waals surface area contributed by atoms with Crippen LogP contribution >= 0.6 is 0 Å². The van der Waals surface area contributed by atoms with E-state index in [1.165, 1.54) is 0 Å². The largest absolute Gasteiger partial charge is 0.485 e. The standard InChI is InChI=1S/C18H22N4O2/c1-21(2)18-16(6-4-9-20-18)24-15-7-10-22(13-15)17(23)11-14-5-3-8-19-12-14/h3-6,8-9,12,15H,7,10-11,13H2,1-2H3. The minimum Gasteiger partial charge on any atom is -0.485 e. The van der Waals surface area contributed by atoms with Gasteiger partial charge < -0.3 is 14.5 Å². The molecular formula is C18H22N4O2. The lowest BCUT2D eigenvalue weighted by molar-refractivity contribution is -0.129. The maximum Gasteiger partial charge on any atom is 0.227 e. The van der Waals surface area contributed by atoms with Gasteiger partial charge >= 0.3 is 0 Å². The fourth-order valence-electron chi connectivity index (χ4n) is 2.83. The first kappa shape index (κ1) is 16.2. The maximum atomic E-state index is 12.4. The second-order valence-corrected chi connectivity index (χ2v) is 6.13. The first-order chi connectivity index (χ1) is 11.6. The van der Waals surface area contributed by atoms with Crippen molar-refractivity contribution in [3.05, 3.63) is 48.4 Å². The summed E-state index contributed by atoms with van der Waals surface area (Å²) in [6, 6.07) is 7.56. The van der Waals surface area contributed by atoms with Gasteiger partial charge in [-0.3, -0.25) is 9.78 Å². The predicted molar refractivity (Wildman–Crippen MR) is 92.1 cm³/mol. The molecule has 2 aromatic heterocycles. The Morgan fingerprint density at radius 1 is 1.33 bits per heavy atom. The summed E-state index contributed by atoms with van der Waals surface area (Å²) in [5.41, 5.74) is 0.939. The zero-order valence-corrected chi connectivity index (χ0v) is 14.1. The molecule has 1 fully saturated rings. The van der Waals surface area contributed by atoms with Gasteiger partial charge in [0.15, 0.2) is 11.6 Å². The van der Waals surface area contributed by atoms with Gasteiger partial charge in [0.1, 0.15) is 6.10 Å².